The number of carbonyl (C=O) groups excluding carboxylic acids is 1. The Bertz CT molecular complexity index is 945. The second-order valence-electron chi connectivity index (χ2n) is 7.81. The van der Waals surface area contributed by atoms with Crippen LogP contribution in [0.25, 0.3) is 5.57 Å². The molecule has 0 spiro atoms. The van der Waals surface area contributed by atoms with Gasteiger partial charge in [-0.3, -0.25) is 9.48 Å². The van der Waals surface area contributed by atoms with E-state index in [9.17, 15) is 4.79 Å². The van der Waals surface area contributed by atoms with Crippen molar-refractivity contribution in [1.29, 1.82) is 0 Å². The topological polar surface area (TPSA) is 65.4 Å². The van der Waals surface area contributed by atoms with Gasteiger partial charge in [-0.1, -0.05) is 5.57 Å². The second-order valence-corrected chi connectivity index (χ2v) is 7.81. The van der Waals surface area contributed by atoms with Crippen molar-refractivity contribution in [3.8, 4) is 11.5 Å². The number of rotatable bonds is 7. The van der Waals surface area contributed by atoms with Gasteiger partial charge in [-0.2, -0.15) is 5.10 Å². The maximum absolute atomic E-state index is 12.5. The summed E-state index contributed by atoms with van der Waals surface area (Å²) in [6.45, 7) is 3.22. The van der Waals surface area contributed by atoms with Crippen LogP contribution in [0.1, 0.15) is 54.8 Å². The maximum atomic E-state index is 12.5. The van der Waals surface area contributed by atoms with E-state index in [0.29, 0.717) is 19.5 Å². The summed E-state index contributed by atoms with van der Waals surface area (Å²) in [6, 6.07) is 6.15. The predicted molar refractivity (Wildman–Crippen MR) is 112 cm³/mol. The molecule has 0 unspecified atom stereocenters. The number of hydrogen-bond acceptors (Lipinski definition) is 4. The molecule has 1 heterocycles. The van der Waals surface area contributed by atoms with E-state index in [1.807, 2.05) is 17.7 Å². The van der Waals surface area contributed by atoms with Gasteiger partial charge in [0.25, 0.3) is 0 Å². The van der Waals surface area contributed by atoms with Gasteiger partial charge in [0.1, 0.15) is 0 Å². The fraction of sp³-hybridized carbons (Fsp3) is 0.478. The number of hydrogen-bond donors (Lipinski definition) is 1. The van der Waals surface area contributed by atoms with E-state index >= 15 is 0 Å². The zero-order valence-corrected chi connectivity index (χ0v) is 17.5. The van der Waals surface area contributed by atoms with Crippen molar-refractivity contribution in [3.63, 3.8) is 0 Å². The standard InChI is InChI=1S/C23H29N3O3/c1-15-8-10-25-26(15)11-9-23(27)24-14-20-17-7-5-4-6-16(17)18-12-21(28-2)22(29-3)13-19(18)20/h8,10,12-13,20H,4-7,9,11,14H2,1-3H3,(H,24,27)/t20-/m0/s1. The fourth-order valence-corrected chi connectivity index (χ4v) is 4.63. The summed E-state index contributed by atoms with van der Waals surface area (Å²) < 4.78 is 12.9. The third kappa shape index (κ3) is 3.76. The van der Waals surface area contributed by atoms with Crippen molar-refractivity contribution in [2.24, 2.45) is 0 Å². The average molecular weight is 396 g/mol. The molecule has 2 aromatic rings. The van der Waals surface area contributed by atoms with Gasteiger partial charge >= 0.3 is 0 Å². The van der Waals surface area contributed by atoms with Gasteiger partial charge < -0.3 is 14.8 Å². The quantitative estimate of drug-likeness (QED) is 0.774. The minimum atomic E-state index is 0.0618. The number of amides is 1. The minimum Gasteiger partial charge on any atom is -0.493 e. The van der Waals surface area contributed by atoms with Gasteiger partial charge in [0.15, 0.2) is 11.5 Å². The zero-order valence-electron chi connectivity index (χ0n) is 17.5. The molecule has 0 radical (unpaired) electrons. The smallest absolute Gasteiger partial charge is 0.221 e. The summed E-state index contributed by atoms with van der Waals surface area (Å²) in [5.74, 6) is 1.79. The molecule has 2 aliphatic rings. The van der Waals surface area contributed by atoms with Crippen molar-refractivity contribution < 1.29 is 14.3 Å². The lowest BCUT2D eigenvalue weighted by Gasteiger charge is -2.21. The number of nitrogens with zero attached hydrogens (tertiary/aromatic N) is 2. The van der Waals surface area contributed by atoms with Crippen LogP contribution in [0.4, 0.5) is 0 Å². The number of ether oxygens (including phenoxy) is 2. The number of carbonyl (C=O) groups is 1. The summed E-state index contributed by atoms with van der Waals surface area (Å²) in [7, 11) is 3.34. The summed E-state index contributed by atoms with van der Waals surface area (Å²) in [5, 5.41) is 7.41. The lowest BCUT2D eigenvalue weighted by molar-refractivity contribution is -0.121. The van der Waals surface area contributed by atoms with Gasteiger partial charge in [0.05, 0.1) is 14.2 Å². The van der Waals surface area contributed by atoms with E-state index in [-0.39, 0.29) is 11.8 Å². The van der Waals surface area contributed by atoms with Crippen molar-refractivity contribution in [1.82, 2.24) is 15.1 Å². The number of aryl methyl sites for hydroxylation is 2. The fourth-order valence-electron chi connectivity index (χ4n) is 4.63. The Morgan fingerprint density at radius 2 is 1.97 bits per heavy atom. The van der Waals surface area contributed by atoms with E-state index in [4.69, 9.17) is 9.47 Å². The first-order chi connectivity index (χ1) is 14.1. The van der Waals surface area contributed by atoms with Crippen LogP contribution in [0, 0.1) is 6.92 Å². The number of aromatic nitrogens is 2. The number of allylic oxidation sites excluding steroid dienone is 1. The molecule has 0 bridgehead atoms. The molecule has 0 fully saturated rings. The highest BCUT2D eigenvalue weighted by molar-refractivity contribution is 5.82. The summed E-state index contributed by atoms with van der Waals surface area (Å²) in [6.07, 6.45) is 6.82. The molecule has 0 saturated carbocycles. The van der Waals surface area contributed by atoms with Crippen LogP contribution in [0.5, 0.6) is 11.5 Å². The number of nitrogens with one attached hydrogen (secondary N) is 1. The number of fused-ring (bicyclic) bond motifs is 2. The monoisotopic (exact) mass is 395 g/mol. The molecular formula is C23H29N3O3. The van der Waals surface area contributed by atoms with Crippen LogP contribution in [0.15, 0.2) is 30.0 Å². The highest BCUT2D eigenvalue weighted by Crippen LogP contribution is 2.51. The van der Waals surface area contributed by atoms with Crippen molar-refractivity contribution in [2.75, 3.05) is 20.8 Å². The molecule has 6 nitrogen and oxygen atoms in total. The largest absolute Gasteiger partial charge is 0.493 e. The molecule has 4 rings (SSSR count). The normalized spacial score (nSPS) is 17.7. The van der Waals surface area contributed by atoms with Gasteiger partial charge in [0, 0.05) is 37.3 Å². The van der Waals surface area contributed by atoms with Crippen molar-refractivity contribution in [3.05, 3.63) is 46.8 Å². The lowest BCUT2D eigenvalue weighted by Crippen LogP contribution is -2.29. The molecule has 2 aliphatic carbocycles. The first kappa shape index (κ1) is 19.6. The molecule has 1 amide bonds. The van der Waals surface area contributed by atoms with Gasteiger partial charge in [-0.05, 0) is 67.5 Å². The van der Waals surface area contributed by atoms with Crippen molar-refractivity contribution >= 4 is 11.5 Å². The van der Waals surface area contributed by atoms with Crippen LogP contribution >= 0.6 is 0 Å². The highest BCUT2D eigenvalue weighted by atomic mass is 16.5. The summed E-state index contributed by atoms with van der Waals surface area (Å²) >= 11 is 0. The van der Waals surface area contributed by atoms with Crippen LogP contribution in [0.3, 0.4) is 0 Å². The van der Waals surface area contributed by atoms with Gasteiger partial charge in [-0.25, -0.2) is 0 Å². The minimum absolute atomic E-state index is 0.0618. The van der Waals surface area contributed by atoms with Crippen LogP contribution in [-0.4, -0.2) is 36.5 Å². The second kappa shape index (κ2) is 8.31. The molecule has 1 N–H and O–H groups in total. The molecule has 1 aromatic carbocycles. The number of benzene rings is 1. The predicted octanol–water partition coefficient (Wildman–Crippen LogP) is 3.84. The molecule has 0 saturated heterocycles. The van der Waals surface area contributed by atoms with Crippen LogP contribution < -0.4 is 14.8 Å². The Morgan fingerprint density at radius 1 is 1.21 bits per heavy atom. The maximum Gasteiger partial charge on any atom is 0.221 e. The molecule has 29 heavy (non-hydrogen) atoms. The summed E-state index contributed by atoms with van der Waals surface area (Å²) in [5.41, 5.74) is 6.51. The Balaban J connectivity index is 1.50. The first-order valence-corrected chi connectivity index (χ1v) is 10.4. The van der Waals surface area contributed by atoms with Crippen molar-refractivity contribution in [2.45, 2.75) is 51.5 Å². The SMILES string of the molecule is COc1cc2c(cc1OC)[C@@H](CNC(=O)CCn1nccc1C)C1=C2CCCC1. The Kier molecular flexibility index (Phi) is 5.60. The lowest BCUT2D eigenvalue weighted by atomic mass is 9.87. The first-order valence-electron chi connectivity index (χ1n) is 10.4. The molecule has 154 valence electrons. The van der Waals surface area contributed by atoms with E-state index < -0.39 is 0 Å². The molecule has 1 aromatic heterocycles. The Morgan fingerprint density at radius 3 is 2.69 bits per heavy atom. The Hall–Kier alpha value is -2.76. The van der Waals surface area contributed by atoms with E-state index in [1.54, 1.807) is 20.4 Å². The zero-order chi connectivity index (χ0) is 20.4. The van der Waals surface area contributed by atoms with Crippen LogP contribution in [-0.2, 0) is 11.3 Å². The highest BCUT2D eigenvalue weighted by Gasteiger charge is 2.34. The number of methoxy groups -OCH3 is 2. The van der Waals surface area contributed by atoms with E-state index in [1.165, 1.54) is 35.1 Å². The molecule has 0 aliphatic heterocycles. The Labute approximate surface area is 171 Å². The van der Waals surface area contributed by atoms with E-state index in [0.717, 1.165) is 30.0 Å². The molecule has 6 heteroatoms. The third-order valence-corrected chi connectivity index (χ3v) is 6.17. The van der Waals surface area contributed by atoms with Crippen LogP contribution in [0.2, 0.25) is 0 Å². The van der Waals surface area contributed by atoms with Gasteiger partial charge in [0.2, 0.25) is 5.91 Å². The third-order valence-electron chi connectivity index (χ3n) is 6.17. The molecular weight excluding hydrogens is 366 g/mol. The summed E-state index contributed by atoms with van der Waals surface area (Å²) in [4.78, 5) is 12.5. The molecule has 1 atom stereocenters. The average Bonchev–Trinajstić information content (AvgIpc) is 3.29. The van der Waals surface area contributed by atoms with E-state index in [2.05, 4.69) is 22.5 Å². The van der Waals surface area contributed by atoms with Gasteiger partial charge in [-0.15, -0.1) is 0 Å².